The molecule has 42 heavy (non-hydrogen) atoms. The molecular weight excluding hydrogens is 533 g/mol. The van der Waals surface area contributed by atoms with Crippen LogP contribution in [-0.2, 0) is 4.79 Å². The molecule has 0 spiro atoms. The highest BCUT2D eigenvalue weighted by Crippen LogP contribution is 2.34. The second-order valence-electron chi connectivity index (χ2n) is 10.4. The van der Waals surface area contributed by atoms with Crippen LogP contribution >= 0.6 is 0 Å². The molecule has 0 radical (unpaired) electrons. The largest absolute Gasteiger partial charge is 0.384 e. The number of hydrogen-bond donors (Lipinski definition) is 5. The highest BCUT2D eigenvalue weighted by Gasteiger charge is 2.17. The SMILES string of the molecule is CNCCNc1cc(F)cc(-c2cncc3[nH]c(-c4n[nH]c5ccc(-c6cncc(NC(=O)C(C)C)c6)cc45)nc23)c1. The number of fused-ring (bicyclic) bond motifs is 2. The lowest BCUT2D eigenvalue weighted by molar-refractivity contribution is -0.118. The number of imidazole rings is 1. The van der Waals surface area contributed by atoms with Gasteiger partial charge < -0.3 is 20.9 Å². The Morgan fingerprint density at radius 1 is 0.905 bits per heavy atom. The van der Waals surface area contributed by atoms with Gasteiger partial charge in [0.2, 0.25) is 5.91 Å². The van der Waals surface area contributed by atoms with Gasteiger partial charge >= 0.3 is 0 Å². The number of anilines is 2. The molecule has 4 heterocycles. The van der Waals surface area contributed by atoms with E-state index in [0.29, 0.717) is 51.6 Å². The molecule has 0 fully saturated rings. The van der Waals surface area contributed by atoms with Crippen LogP contribution in [0.1, 0.15) is 13.8 Å². The zero-order chi connectivity index (χ0) is 29.2. The van der Waals surface area contributed by atoms with Gasteiger partial charge in [-0.25, -0.2) is 9.37 Å². The van der Waals surface area contributed by atoms with Crippen LogP contribution in [0.25, 0.3) is 55.7 Å². The summed E-state index contributed by atoms with van der Waals surface area (Å²) in [5.41, 5.74) is 7.31. The number of aromatic nitrogens is 6. The summed E-state index contributed by atoms with van der Waals surface area (Å²) in [6.07, 6.45) is 6.78. The van der Waals surface area contributed by atoms with E-state index in [-0.39, 0.29) is 17.6 Å². The van der Waals surface area contributed by atoms with E-state index >= 15 is 0 Å². The predicted molar refractivity (Wildman–Crippen MR) is 163 cm³/mol. The maximum atomic E-state index is 14.6. The molecule has 5 N–H and O–H groups in total. The Balaban J connectivity index is 1.37. The first-order chi connectivity index (χ1) is 20.4. The molecule has 11 heteroatoms. The minimum Gasteiger partial charge on any atom is -0.384 e. The molecule has 0 saturated carbocycles. The number of H-pyrrole nitrogens is 2. The smallest absolute Gasteiger partial charge is 0.226 e. The van der Waals surface area contributed by atoms with Crippen molar-refractivity contribution in [3.8, 4) is 33.8 Å². The Bertz CT molecular complexity index is 1910. The van der Waals surface area contributed by atoms with Crippen molar-refractivity contribution in [1.29, 1.82) is 0 Å². The van der Waals surface area contributed by atoms with Gasteiger partial charge in [0.15, 0.2) is 5.82 Å². The number of carbonyl (C=O) groups excluding carboxylic acids is 1. The number of benzene rings is 2. The first-order valence-electron chi connectivity index (χ1n) is 13.7. The van der Waals surface area contributed by atoms with Gasteiger partial charge in [0.1, 0.15) is 11.5 Å². The highest BCUT2D eigenvalue weighted by atomic mass is 19.1. The van der Waals surface area contributed by atoms with Crippen LogP contribution < -0.4 is 16.0 Å². The molecule has 212 valence electrons. The fraction of sp³-hybridized carbons (Fsp3) is 0.194. The number of aromatic amines is 2. The molecule has 0 aliphatic rings. The number of carbonyl (C=O) groups is 1. The molecule has 0 bridgehead atoms. The average Bonchev–Trinajstić information content (AvgIpc) is 3.61. The van der Waals surface area contributed by atoms with Gasteiger partial charge in [-0.05, 0) is 54.6 Å². The number of halogens is 1. The summed E-state index contributed by atoms with van der Waals surface area (Å²) < 4.78 is 14.6. The van der Waals surface area contributed by atoms with Crippen molar-refractivity contribution < 1.29 is 9.18 Å². The Morgan fingerprint density at radius 2 is 1.74 bits per heavy atom. The lowest BCUT2D eigenvalue weighted by Gasteiger charge is -2.09. The number of pyridine rings is 2. The van der Waals surface area contributed by atoms with Crippen LogP contribution in [0.4, 0.5) is 15.8 Å². The molecule has 0 saturated heterocycles. The third kappa shape index (κ3) is 5.41. The van der Waals surface area contributed by atoms with E-state index in [1.165, 1.54) is 12.1 Å². The van der Waals surface area contributed by atoms with Crippen molar-refractivity contribution in [2.75, 3.05) is 30.8 Å². The van der Waals surface area contributed by atoms with Crippen molar-refractivity contribution in [1.82, 2.24) is 35.5 Å². The standard InChI is InChI=1S/C31H30FN9O/c1-17(2)31(42)37-23-10-20(13-34-14-23)18-4-5-26-24(11-18)29(41-40-26)30-38-27-16-35-15-25(28(27)39-30)19-8-21(32)12-22(9-19)36-7-6-33-3/h4-5,8-17,33,36H,6-7H2,1-3H3,(H,37,42)(H,38,39)(H,40,41). The number of nitrogens with zero attached hydrogens (tertiary/aromatic N) is 4. The lowest BCUT2D eigenvalue weighted by Crippen LogP contribution is -2.17. The second-order valence-corrected chi connectivity index (χ2v) is 10.4. The normalized spacial score (nSPS) is 11.5. The molecule has 10 nitrogen and oxygen atoms in total. The number of hydrogen-bond acceptors (Lipinski definition) is 7. The van der Waals surface area contributed by atoms with Crippen LogP contribution in [0, 0.1) is 11.7 Å². The summed E-state index contributed by atoms with van der Waals surface area (Å²) in [6.45, 7) is 5.10. The summed E-state index contributed by atoms with van der Waals surface area (Å²) in [7, 11) is 1.87. The molecule has 6 rings (SSSR count). The summed E-state index contributed by atoms with van der Waals surface area (Å²) in [5.74, 6) is 0.00339. The van der Waals surface area contributed by atoms with Gasteiger partial charge in [-0.2, -0.15) is 5.10 Å². The zero-order valence-electron chi connectivity index (χ0n) is 23.4. The average molecular weight is 564 g/mol. The van der Waals surface area contributed by atoms with E-state index in [1.54, 1.807) is 24.8 Å². The van der Waals surface area contributed by atoms with Gasteiger partial charge in [0, 0.05) is 53.6 Å². The van der Waals surface area contributed by atoms with E-state index in [0.717, 1.165) is 28.6 Å². The first kappa shape index (κ1) is 27.0. The van der Waals surface area contributed by atoms with Gasteiger partial charge in [0.05, 0.1) is 34.6 Å². The van der Waals surface area contributed by atoms with Crippen molar-refractivity contribution in [3.63, 3.8) is 0 Å². The van der Waals surface area contributed by atoms with Crippen molar-refractivity contribution in [2.24, 2.45) is 5.92 Å². The monoisotopic (exact) mass is 563 g/mol. The molecule has 1 amide bonds. The second kappa shape index (κ2) is 11.4. The van der Waals surface area contributed by atoms with Gasteiger partial charge in [0.25, 0.3) is 0 Å². The maximum Gasteiger partial charge on any atom is 0.226 e. The van der Waals surface area contributed by atoms with Crippen molar-refractivity contribution in [3.05, 3.63) is 73.1 Å². The van der Waals surface area contributed by atoms with E-state index in [1.807, 2.05) is 51.2 Å². The number of likely N-dealkylation sites (N-methyl/N-ethyl adjacent to an activating group) is 1. The fourth-order valence-corrected chi connectivity index (χ4v) is 4.76. The third-order valence-corrected chi connectivity index (χ3v) is 6.96. The summed E-state index contributed by atoms with van der Waals surface area (Å²) in [6, 6.07) is 12.7. The Morgan fingerprint density at radius 3 is 2.57 bits per heavy atom. The number of nitrogens with one attached hydrogen (secondary N) is 5. The number of amides is 1. The predicted octanol–water partition coefficient (Wildman–Crippen LogP) is 5.60. The van der Waals surface area contributed by atoms with Crippen molar-refractivity contribution >= 4 is 39.2 Å². The van der Waals surface area contributed by atoms with Crippen LogP contribution in [0.15, 0.2) is 67.3 Å². The Hall–Kier alpha value is -5.16. The molecule has 0 unspecified atom stereocenters. The minimum atomic E-state index is -0.347. The fourth-order valence-electron chi connectivity index (χ4n) is 4.76. The topological polar surface area (TPSA) is 136 Å². The van der Waals surface area contributed by atoms with Crippen LogP contribution in [-0.4, -0.2) is 56.2 Å². The van der Waals surface area contributed by atoms with Crippen LogP contribution in [0.5, 0.6) is 0 Å². The maximum absolute atomic E-state index is 14.6. The summed E-state index contributed by atoms with van der Waals surface area (Å²) in [5, 5.41) is 17.7. The first-order valence-corrected chi connectivity index (χ1v) is 13.7. The third-order valence-electron chi connectivity index (χ3n) is 6.96. The van der Waals surface area contributed by atoms with Crippen LogP contribution in [0.3, 0.4) is 0 Å². The van der Waals surface area contributed by atoms with E-state index in [2.05, 4.69) is 41.1 Å². The van der Waals surface area contributed by atoms with E-state index in [9.17, 15) is 9.18 Å². The molecule has 4 aromatic heterocycles. The quantitative estimate of drug-likeness (QED) is 0.145. The minimum absolute atomic E-state index is 0.0696. The lowest BCUT2D eigenvalue weighted by atomic mass is 10.0. The highest BCUT2D eigenvalue weighted by molar-refractivity contribution is 5.98. The van der Waals surface area contributed by atoms with Crippen molar-refractivity contribution in [2.45, 2.75) is 13.8 Å². The van der Waals surface area contributed by atoms with Gasteiger partial charge in [-0.15, -0.1) is 0 Å². The Kier molecular flexibility index (Phi) is 7.32. The van der Waals surface area contributed by atoms with Gasteiger partial charge in [-0.1, -0.05) is 19.9 Å². The number of rotatable bonds is 9. The molecular formula is C31H30FN9O. The molecule has 0 atom stereocenters. The van der Waals surface area contributed by atoms with Crippen LogP contribution in [0.2, 0.25) is 0 Å². The Labute approximate surface area is 241 Å². The van der Waals surface area contributed by atoms with Gasteiger partial charge in [-0.3, -0.25) is 19.9 Å². The summed E-state index contributed by atoms with van der Waals surface area (Å²) in [4.78, 5) is 29.1. The molecule has 2 aromatic carbocycles. The summed E-state index contributed by atoms with van der Waals surface area (Å²) >= 11 is 0. The molecule has 0 aliphatic carbocycles. The molecule has 0 aliphatic heterocycles. The van der Waals surface area contributed by atoms with E-state index < -0.39 is 0 Å². The zero-order valence-corrected chi connectivity index (χ0v) is 23.4. The molecule has 6 aromatic rings. The van der Waals surface area contributed by atoms with E-state index in [4.69, 9.17) is 4.98 Å².